The summed E-state index contributed by atoms with van der Waals surface area (Å²) in [6.07, 6.45) is 5.60. The lowest BCUT2D eigenvalue weighted by molar-refractivity contribution is -0.124. The van der Waals surface area contributed by atoms with Crippen LogP contribution in [0.3, 0.4) is 0 Å². The summed E-state index contributed by atoms with van der Waals surface area (Å²) in [6, 6.07) is 13.2. The Hall–Kier alpha value is -3.39. The summed E-state index contributed by atoms with van der Waals surface area (Å²) in [5.74, 6) is -0.468. The Balaban J connectivity index is 1.46. The quantitative estimate of drug-likeness (QED) is 0.374. The minimum absolute atomic E-state index is 0.230. The van der Waals surface area contributed by atoms with E-state index in [9.17, 15) is 14.4 Å². The van der Waals surface area contributed by atoms with Gasteiger partial charge < -0.3 is 14.8 Å². The molecule has 2 aromatic carbocycles. The number of amides is 3. The maximum Gasteiger partial charge on any atom is 0.269 e. The van der Waals surface area contributed by atoms with Gasteiger partial charge in [-0.25, -0.2) is 0 Å². The molecule has 0 aliphatic carbocycles. The first kappa shape index (κ1) is 24.3. The lowest BCUT2D eigenvalue weighted by atomic mass is 10.1. The number of nitrogens with one attached hydrogen (secondary N) is 3. The summed E-state index contributed by atoms with van der Waals surface area (Å²) in [7, 11) is 0. The Morgan fingerprint density at radius 2 is 1.73 bits per heavy atom. The number of anilines is 1. The number of carbonyl (C=O) groups is 3. The van der Waals surface area contributed by atoms with Gasteiger partial charge in [-0.05, 0) is 61.7 Å². The van der Waals surface area contributed by atoms with Crippen LogP contribution in [0.1, 0.15) is 66.2 Å². The van der Waals surface area contributed by atoms with Gasteiger partial charge in [0, 0.05) is 23.4 Å². The van der Waals surface area contributed by atoms with Crippen molar-refractivity contribution in [2.45, 2.75) is 51.6 Å². The Morgan fingerprint density at radius 1 is 0.970 bits per heavy atom. The monoisotopic (exact) mass is 453 g/mol. The third kappa shape index (κ3) is 7.61. The highest BCUT2D eigenvalue weighted by Crippen LogP contribution is 2.16. The number of hydrogen-bond acceptors (Lipinski definition) is 5. The number of rotatable bonds is 10. The number of ether oxygens (including phenoxy) is 2. The highest BCUT2D eigenvalue weighted by Gasteiger charge is 2.23. The van der Waals surface area contributed by atoms with Crippen LogP contribution in [0.5, 0.6) is 5.75 Å². The molecule has 0 aromatic heterocycles. The van der Waals surface area contributed by atoms with Gasteiger partial charge in [0.05, 0.1) is 6.61 Å². The first-order valence-electron chi connectivity index (χ1n) is 11.4. The van der Waals surface area contributed by atoms with Gasteiger partial charge >= 0.3 is 0 Å². The lowest BCUT2D eigenvalue weighted by Crippen LogP contribution is -2.41. The van der Waals surface area contributed by atoms with Crippen LogP contribution in [-0.4, -0.2) is 37.0 Å². The van der Waals surface area contributed by atoms with Crippen molar-refractivity contribution in [2.24, 2.45) is 0 Å². The molecule has 1 fully saturated rings. The van der Waals surface area contributed by atoms with Crippen molar-refractivity contribution >= 4 is 23.4 Å². The highest BCUT2D eigenvalue weighted by molar-refractivity contribution is 6.00. The van der Waals surface area contributed by atoms with Crippen molar-refractivity contribution in [3.05, 3.63) is 59.7 Å². The van der Waals surface area contributed by atoms with Crippen LogP contribution < -0.4 is 20.9 Å². The molecule has 8 heteroatoms. The Morgan fingerprint density at radius 3 is 2.42 bits per heavy atom. The van der Waals surface area contributed by atoms with E-state index in [1.807, 2.05) is 0 Å². The molecule has 8 nitrogen and oxygen atoms in total. The Labute approximate surface area is 194 Å². The average Bonchev–Trinajstić information content (AvgIpc) is 3.38. The van der Waals surface area contributed by atoms with Crippen molar-refractivity contribution < 1.29 is 23.9 Å². The van der Waals surface area contributed by atoms with Crippen LogP contribution in [-0.2, 0) is 9.53 Å². The van der Waals surface area contributed by atoms with Crippen LogP contribution in [0, 0.1) is 0 Å². The smallest absolute Gasteiger partial charge is 0.269 e. The second-order valence-corrected chi connectivity index (χ2v) is 7.91. The molecule has 1 atom stereocenters. The zero-order valence-corrected chi connectivity index (χ0v) is 18.9. The van der Waals surface area contributed by atoms with E-state index in [4.69, 9.17) is 9.47 Å². The van der Waals surface area contributed by atoms with Gasteiger partial charge in [0.2, 0.25) is 0 Å². The molecule has 176 valence electrons. The molecule has 3 N–H and O–H groups in total. The predicted molar refractivity (Wildman–Crippen MR) is 125 cm³/mol. The average molecular weight is 454 g/mol. The van der Waals surface area contributed by atoms with Crippen molar-refractivity contribution in [1.82, 2.24) is 10.9 Å². The summed E-state index contributed by atoms with van der Waals surface area (Å²) in [5, 5.41) is 2.76. The maximum atomic E-state index is 12.4. The number of hydrogen-bond donors (Lipinski definition) is 3. The lowest BCUT2D eigenvalue weighted by Gasteiger charge is -2.12. The minimum Gasteiger partial charge on any atom is -0.494 e. The van der Waals surface area contributed by atoms with Gasteiger partial charge in [0.15, 0.2) is 0 Å². The first-order valence-corrected chi connectivity index (χ1v) is 11.4. The number of unbranched alkanes of at least 4 members (excludes halogenated alkanes) is 3. The normalized spacial score (nSPS) is 15.0. The fourth-order valence-corrected chi connectivity index (χ4v) is 3.42. The second kappa shape index (κ2) is 12.6. The molecule has 0 saturated carbocycles. The third-order valence-corrected chi connectivity index (χ3v) is 5.29. The molecule has 33 heavy (non-hydrogen) atoms. The third-order valence-electron chi connectivity index (χ3n) is 5.29. The van der Waals surface area contributed by atoms with Gasteiger partial charge in [0.25, 0.3) is 17.7 Å². The molecule has 1 unspecified atom stereocenters. The van der Waals surface area contributed by atoms with Crippen molar-refractivity contribution in [3.8, 4) is 5.75 Å². The van der Waals surface area contributed by atoms with Crippen LogP contribution in [0.2, 0.25) is 0 Å². The number of benzene rings is 2. The van der Waals surface area contributed by atoms with E-state index in [-0.39, 0.29) is 5.91 Å². The summed E-state index contributed by atoms with van der Waals surface area (Å²) in [6.45, 7) is 3.39. The van der Waals surface area contributed by atoms with E-state index in [2.05, 4.69) is 23.1 Å². The van der Waals surface area contributed by atoms with E-state index in [1.54, 1.807) is 48.5 Å². The largest absolute Gasteiger partial charge is 0.494 e. The molecular weight excluding hydrogens is 422 g/mol. The SMILES string of the molecule is CCCCCCOc1ccc(C(=O)NNC(=O)c2cccc(NC(=O)C3CCCO3)c2)cc1. The minimum atomic E-state index is -0.497. The number of hydrazine groups is 1. The molecule has 1 aliphatic rings. The van der Waals surface area contributed by atoms with Crippen molar-refractivity contribution in [2.75, 3.05) is 18.5 Å². The van der Waals surface area contributed by atoms with Gasteiger partial charge in [-0.2, -0.15) is 0 Å². The molecule has 2 aromatic rings. The van der Waals surface area contributed by atoms with Crippen LogP contribution in [0.15, 0.2) is 48.5 Å². The molecule has 0 spiro atoms. The zero-order chi connectivity index (χ0) is 23.5. The van der Waals surface area contributed by atoms with E-state index in [1.165, 1.54) is 12.8 Å². The molecule has 0 bridgehead atoms. The molecule has 1 saturated heterocycles. The van der Waals surface area contributed by atoms with E-state index in [0.717, 1.165) is 19.3 Å². The highest BCUT2D eigenvalue weighted by atomic mass is 16.5. The summed E-state index contributed by atoms with van der Waals surface area (Å²) in [5.41, 5.74) is 5.97. The number of carbonyl (C=O) groups excluding carboxylic acids is 3. The van der Waals surface area contributed by atoms with Gasteiger partial charge in [0.1, 0.15) is 11.9 Å². The molecule has 3 amide bonds. The molecular formula is C25H31N3O5. The molecule has 0 radical (unpaired) electrons. The van der Waals surface area contributed by atoms with Crippen LogP contribution in [0.25, 0.3) is 0 Å². The van der Waals surface area contributed by atoms with E-state index in [0.29, 0.717) is 42.2 Å². The van der Waals surface area contributed by atoms with E-state index >= 15 is 0 Å². The molecule has 1 heterocycles. The zero-order valence-electron chi connectivity index (χ0n) is 18.9. The van der Waals surface area contributed by atoms with Crippen LogP contribution in [0.4, 0.5) is 5.69 Å². The van der Waals surface area contributed by atoms with Crippen molar-refractivity contribution in [3.63, 3.8) is 0 Å². The Kier molecular flexibility index (Phi) is 9.26. The maximum absolute atomic E-state index is 12.4. The second-order valence-electron chi connectivity index (χ2n) is 7.91. The van der Waals surface area contributed by atoms with Crippen molar-refractivity contribution in [1.29, 1.82) is 0 Å². The standard InChI is InChI=1S/C25H31N3O5/c1-2-3-4-5-15-32-21-13-11-18(12-14-21)23(29)27-28-24(30)19-8-6-9-20(17-19)26-25(31)22-10-7-16-33-22/h6,8-9,11-14,17,22H,2-5,7,10,15-16H2,1H3,(H,26,31)(H,27,29)(H,28,30). The fraction of sp³-hybridized carbons (Fsp3) is 0.400. The van der Waals surface area contributed by atoms with E-state index < -0.39 is 17.9 Å². The summed E-state index contributed by atoms with van der Waals surface area (Å²) < 4.78 is 11.0. The Bertz CT molecular complexity index is 939. The topological polar surface area (TPSA) is 106 Å². The summed E-state index contributed by atoms with van der Waals surface area (Å²) >= 11 is 0. The van der Waals surface area contributed by atoms with Crippen LogP contribution >= 0.6 is 0 Å². The van der Waals surface area contributed by atoms with Gasteiger partial charge in [-0.3, -0.25) is 25.2 Å². The first-order chi connectivity index (χ1) is 16.1. The summed E-state index contributed by atoms with van der Waals surface area (Å²) in [4.78, 5) is 37.0. The van der Waals surface area contributed by atoms with Gasteiger partial charge in [-0.1, -0.05) is 32.3 Å². The fourth-order valence-electron chi connectivity index (χ4n) is 3.42. The molecule has 1 aliphatic heterocycles. The van der Waals surface area contributed by atoms with Gasteiger partial charge in [-0.15, -0.1) is 0 Å². The predicted octanol–water partition coefficient (Wildman–Crippen LogP) is 3.84. The molecule has 3 rings (SSSR count).